The molecular weight excluding hydrogens is 254 g/mol. The molecule has 2 rings (SSSR count). The van der Waals surface area contributed by atoms with Crippen LogP contribution in [0, 0.1) is 0 Å². The molecule has 0 aliphatic carbocycles. The lowest BCUT2D eigenvalue weighted by Gasteiger charge is -1.86. The highest BCUT2D eigenvalue weighted by Gasteiger charge is 2.02. The Morgan fingerprint density at radius 1 is 1.00 bits per heavy atom. The van der Waals surface area contributed by atoms with Gasteiger partial charge in [0.15, 0.2) is 0 Å². The van der Waals surface area contributed by atoms with Crippen LogP contribution in [0.2, 0.25) is 0 Å². The molecule has 0 amide bonds. The van der Waals surface area contributed by atoms with Crippen molar-refractivity contribution in [2.24, 2.45) is 0 Å². The minimum Gasteiger partial charge on any atom is -0.391 e. The number of nitrogens with two attached hydrogens (primary N) is 1. The Bertz CT molecular complexity index is 353. The quantitative estimate of drug-likeness (QED) is 0.828. The van der Waals surface area contributed by atoms with Gasteiger partial charge in [0.1, 0.15) is 0 Å². The van der Waals surface area contributed by atoms with E-state index in [1.807, 2.05) is 6.07 Å². The van der Waals surface area contributed by atoms with Crippen molar-refractivity contribution in [3.8, 4) is 9.75 Å². The molecule has 2 aromatic rings. The van der Waals surface area contributed by atoms with Gasteiger partial charge in [0.2, 0.25) is 0 Å². The van der Waals surface area contributed by atoms with Crippen molar-refractivity contribution in [2.45, 2.75) is 0 Å². The van der Waals surface area contributed by atoms with E-state index in [4.69, 9.17) is 5.73 Å². The summed E-state index contributed by atoms with van der Waals surface area (Å²) in [5.41, 5.74) is 5.63. The molecule has 12 heavy (non-hydrogen) atoms. The van der Waals surface area contributed by atoms with E-state index in [-0.39, 0.29) is 0 Å². The van der Waals surface area contributed by atoms with E-state index in [9.17, 15) is 0 Å². The molecule has 2 heterocycles. The largest absolute Gasteiger partial charge is 0.391 e. The topological polar surface area (TPSA) is 26.0 Å². The van der Waals surface area contributed by atoms with Gasteiger partial charge in [0, 0.05) is 9.75 Å². The average molecular weight is 260 g/mol. The molecule has 0 bridgehead atoms. The molecule has 0 aromatic carbocycles. The molecular formula is C8H6BrNS2. The lowest BCUT2D eigenvalue weighted by molar-refractivity contribution is 1.90. The zero-order valence-corrected chi connectivity index (χ0v) is 9.30. The predicted octanol–water partition coefficient (Wildman–Crippen LogP) is 3.82. The molecule has 2 aromatic heterocycles. The van der Waals surface area contributed by atoms with Crippen LogP contribution in [0.5, 0.6) is 0 Å². The number of anilines is 1. The molecule has 0 saturated carbocycles. The van der Waals surface area contributed by atoms with Crippen molar-refractivity contribution in [1.29, 1.82) is 0 Å². The minimum absolute atomic E-state index is 0.870. The van der Waals surface area contributed by atoms with Crippen molar-refractivity contribution >= 4 is 43.6 Å². The molecule has 0 spiro atoms. The minimum atomic E-state index is 0.870. The molecule has 62 valence electrons. The van der Waals surface area contributed by atoms with Crippen molar-refractivity contribution < 1.29 is 0 Å². The number of halogens is 1. The molecule has 1 nitrogen and oxygen atoms in total. The van der Waals surface area contributed by atoms with E-state index >= 15 is 0 Å². The fraction of sp³-hybridized carbons (Fsp3) is 0. The van der Waals surface area contributed by atoms with Gasteiger partial charge in [0.05, 0.1) is 8.79 Å². The first kappa shape index (κ1) is 8.29. The molecule has 0 atom stereocenters. The van der Waals surface area contributed by atoms with Crippen LogP contribution in [0.3, 0.4) is 0 Å². The Morgan fingerprint density at radius 3 is 2.17 bits per heavy atom. The van der Waals surface area contributed by atoms with Gasteiger partial charge in [-0.1, -0.05) is 0 Å². The maximum absolute atomic E-state index is 5.63. The zero-order valence-electron chi connectivity index (χ0n) is 6.08. The van der Waals surface area contributed by atoms with Gasteiger partial charge in [0.25, 0.3) is 0 Å². The molecule has 0 aliphatic heterocycles. The van der Waals surface area contributed by atoms with Crippen molar-refractivity contribution in [2.75, 3.05) is 5.73 Å². The van der Waals surface area contributed by atoms with Crippen molar-refractivity contribution in [1.82, 2.24) is 0 Å². The maximum atomic E-state index is 5.63. The number of nitrogen functional groups attached to an aromatic ring is 1. The van der Waals surface area contributed by atoms with Gasteiger partial charge in [-0.25, -0.2) is 0 Å². The molecule has 2 N–H and O–H groups in total. The van der Waals surface area contributed by atoms with Crippen LogP contribution in [-0.4, -0.2) is 0 Å². The lowest BCUT2D eigenvalue weighted by Crippen LogP contribution is -1.72. The standard InChI is InChI=1S/C8H6BrNS2/c9-7-3-1-5(11-7)6-2-4-8(10)12-6/h1-4H,10H2. The van der Waals surface area contributed by atoms with Crippen LogP contribution in [0.1, 0.15) is 0 Å². The first-order valence-corrected chi connectivity index (χ1v) is 5.79. The zero-order chi connectivity index (χ0) is 8.55. The first-order chi connectivity index (χ1) is 5.75. The summed E-state index contributed by atoms with van der Waals surface area (Å²) >= 11 is 6.78. The van der Waals surface area contributed by atoms with E-state index in [1.54, 1.807) is 22.7 Å². The number of rotatable bonds is 1. The molecule has 4 heteroatoms. The van der Waals surface area contributed by atoms with E-state index in [0.717, 1.165) is 8.79 Å². The highest BCUT2D eigenvalue weighted by atomic mass is 79.9. The summed E-state index contributed by atoms with van der Waals surface area (Å²) in [6.45, 7) is 0. The average Bonchev–Trinajstić information content (AvgIpc) is 2.58. The van der Waals surface area contributed by atoms with Gasteiger partial charge in [-0.05, 0) is 40.2 Å². The third-order valence-corrected chi connectivity index (χ3v) is 4.18. The van der Waals surface area contributed by atoms with Crippen molar-refractivity contribution in [3.05, 3.63) is 28.1 Å². The Labute approximate surface area is 87.0 Å². The molecule has 0 radical (unpaired) electrons. The summed E-state index contributed by atoms with van der Waals surface area (Å²) in [7, 11) is 0. The van der Waals surface area contributed by atoms with E-state index < -0.39 is 0 Å². The summed E-state index contributed by atoms with van der Waals surface area (Å²) in [6.07, 6.45) is 0. The molecule has 0 unspecified atom stereocenters. The molecule has 0 fully saturated rings. The van der Waals surface area contributed by atoms with Crippen LogP contribution in [0.4, 0.5) is 5.00 Å². The van der Waals surface area contributed by atoms with Gasteiger partial charge >= 0.3 is 0 Å². The Morgan fingerprint density at radius 2 is 1.67 bits per heavy atom. The Balaban J connectivity index is 2.43. The van der Waals surface area contributed by atoms with Crippen molar-refractivity contribution in [3.63, 3.8) is 0 Å². The Kier molecular flexibility index (Phi) is 2.21. The second kappa shape index (κ2) is 3.20. The fourth-order valence-electron chi connectivity index (χ4n) is 0.932. The lowest BCUT2D eigenvalue weighted by atomic mass is 10.4. The predicted molar refractivity (Wildman–Crippen MR) is 59.7 cm³/mol. The van der Waals surface area contributed by atoms with Crippen LogP contribution in [-0.2, 0) is 0 Å². The van der Waals surface area contributed by atoms with Crippen LogP contribution >= 0.6 is 38.6 Å². The summed E-state index contributed by atoms with van der Waals surface area (Å²) < 4.78 is 1.16. The van der Waals surface area contributed by atoms with Gasteiger partial charge in [-0.2, -0.15) is 0 Å². The Hall–Kier alpha value is -0.320. The van der Waals surface area contributed by atoms with Gasteiger partial charge < -0.3 is 5.73 Å². The molecule has 0 saturated heterocycles. The molecule has 0 aliphatic rings. The maximum Gasteiger partial charge on any atom is 0.0863 e. The second-order valence-electron chi connectivity index (χ2n) is 2.31. The SMILES string of the molecule is Nc1ccc(-c2ccc(Br)s2)s1. The van der Waals surface area contributed by atoms with Gasteiger partial charge in [-0.3, -0.25) is 0 Å². The van der Waals surface area contributed by atoms with Gasteiger partial charge in [-0.15, -0.1) is 22.7 Å². The third kappa shape index (κ3) is 1.55. The smallest absolute Gasteiger partial charge is 0.0863 e. The number of hydrogen-bond donors (Lipinski definition) is 1. The van der Waals surface area contributed by atoms with E-state index in [2.05, 4.69) is 34.1 Å². The van der Waals surface area contributed by atoms with Crippen LogP contribution < -0.4 is 5.73 Å². The summed E-state index contributed by atoms with van der Waals surface area (Å²) in [5, 5.41) is 0.870. The van der Waals surface area contributed by atoms with Crippen LogP contribution in [0.25, 0.3) is 9.75 Å². The van der Waals surface area contributed by atoms with Crippen LogP contribution in [0.15, 0.2) is 28.1 Å². The fourth-order valence-corrected chi connectivity index (χ4v) is 3.18. The highest BCUT2D eigenvalue weighted by molar-refractivity contribution is 9.11. The summed E-state index contributed by atoms with van der Waals surface area (Å²) in [6, 6.07) is 8.14. The summed E-state index contributed by atoms with van der Waals surface area (Å²) in [4.78, 5) is 2.51. The van der Waals surface area contributed by atoms with E-state index in [0.29, 0.717) is 0 Å². The van der Waals surface area contributed by atoms with E-state index in [1.165, 1.54) is 9.75 Å². The summed E-state index contributed by atoms with van der Waals surface area (Å²) in [5.74, 6) is 0. The highest BCUT2D eigenvalue weighted by Crippen LogP contribution is 2.36. The second-order valence-corrected chi connectivity index (χ2v) is 5.88. The number of thiophene rings is 2. The monoisotopic (exact) mass is 259 g/mol. The normalized spacial score (nSPS) is 10.4. The number of hydrogen-bond acceptors (Lipinski definition) is 3. The first-order valence-electron chi connectivity index (χ1n) is 3.37. The third-order valence-electron chi connectivity index (χ3n) is 1.44.